The molecule has 0 spiro atoms. The Labute approximate surface area is 110 Å². The molecule has 18 heavy (non-hydrogen) atoms. The summed E-state index contributed by atoms with van der Waals surface area (Å²) in [5.41, 5.74) is 1.83. The smallest absolute Gasteiger partial charge is 0.265 e. The number of carbonyl (C=O) groups is 1. The Morgan fingerprint density at radius 2 is 2.22 bits per heavy atom. The molecule has 0 aliphatic carbocycles. The van der Waals surface area contributed by atoms with E-state index in [-0.39, 0.29) is 5.91 Å². The molecule has 0 radical (unpaired) electrons. The minimum Gasteiger partial charge on any atom is -0.337 e. The summed E-state index contributed by atoms with van der Waals surface area (Å²) in [5.74, 6) is 0.0157. The Balaban J connectivity index is 2.11. The van der Waals surface area contributed by atoms with E-state index in [1.807, 2.05) is 27.1 Å². The average Bonchev–Trinajstić information content (AvgIpc) is 2.84. The summed E-state index contributed by atoms with van der Waals surface area (Å²) in [6, 6.07) is 0. The molecule has 0 bridgehead atoms. The molecule has 5 nitrogen and oxygen atoms in total. The van der Waals surface area contributed by atoms with Gasteiger partial charge in [0.15, 0.2) is 0 Å². The van der Waals surface area contributed by atoms with Crippen LogP contribution in [0.15, 0.2) is 12.4 Å². The third-order valence-electron chi connectivity index (χ3n) is 2.62. The van der Waals surface area contributed by atoms with E-state index < -0.39 is 0 Å². The van der Waals surface area contributed by atoms with Crippen molar-refractivity contribution in [3.63, 3.8) is 0 Å². The first-order valence-corrected chi connectivity index (χ1v) is 6.46. The summed E-state index contributed by atoms with van der Waals surface area (Å²) >= 11 is 1.44. The van der Waals surface area contributed by atoms with Crippen LogP contribution in [0.3, 0.4) is 0 Å². The quantitative estimate of drug-likeness (QED) is 0.849. The highest BCUT2D eigenvalue weighted by Gasteiger charge is 2.18. The molecule has 2 aromatic rings. The first kappa shape index (κ1) is 12.8. The summed E-state index contributed by atoms with van der Waals surface area (Å²) in [7, 11) is 3.66. The van der Waals surface area contributed by atoms with Crippen LogP contribution in [0.5, 0.6) is 0 Å². The maximum Gasteiger partial charge on any atom is 0.265 e. The maximum absolute atomic E-state index is 12.3. The number of amides is 1. The molecule has 0 atom stereocenters. The van der Waals surface area contributed by atoms with Crippen LogP contribution in [0.2, 0.25) is 0 Å². The summed E-state index contributed by atoms with van der Waals surface area (Å²) in [6.07, 6.45) is 3.68. The van der Waals surface area contributed by atoms with Gasteiger partial charge < -0.3 is 4.90 Å². The van der Waals surface area contributed by atoms with Gasteiger partial charge in [-0.05, 0) is 13.8 Å². The van der Waals surface area contributed by atoms with Gasteiger partial charge in [-0.1, -0.05) is 0 Å². The lowest BCUT2D eigenvalue weighted by molar-refractivity contribution is 0.0789. The molecule has 2 rings (SSSR count). The zero-order valence-corrected chi connectivity index (χ0v) is 11.8. The molecule has 0 aliphatic rings. The second-order valence-electron chi connectivity index (χ2n) is 4.33. The molecule has 6 heteroatoms. The van der Waals surface area contributed by atoms with Crippen molar-refractivity contribution in [1.29, 1.82) is 0 Å². The highest BCUT2D eigenvalue weighted by atomic mass is 32.1. The Hall–Kier alpha value is -1.69. The van der Waals surface area contributed by atoms with Crippen molar-refractivity contribution in [3.8, 4) is 0 Å². The minimum absolute atomic E-state index is 0.0157. The summed E-state index contributed by atoms with van der Waals surface area (Å²) in [5, 5.41) is 5.01. The van der Waals surface area contributed by atoms with E-state index in [2.05, 4.69) is 10.1 Å². The van der Waals surface area contributed by atoms with Crippen LogP contribution in [0, 0.1) is 13.8 Å². The lowest BCUT2D eigenvalue weighted by Gasteiger charge is -2.15. The molecular weight excluding hydrogens is 248 g/mol. The van der Waals surface area contributed by atoms with Crippen molar-refractivity contribution in [2.24, 2.45) is 7.05 Å². The highest BCUT2D eigenvalue weighted by Crippen LogP contribution is 2.19. The van der Waals surface area contributed by atoms with E-state index in [0.717, 1.165) is 21.1 Å². The van der Waals surface area contributed by atoms with Crippen LogP contribution >= 0.6 is 11.3 Å². The molecule has 0 saturated heterocycles. The van der Waals surface area contributed by atoms with Crippen molar-refractivity contribution in [3.05, 3.63) is 33.5 Å². The van der Waals surface area contributed by atoms with Gasteiger partial charge in [-0.25, -0.2) is 4.98 Å². The van der Waals surface area contributed by atoms with Crippen LogP contribution in [0.4, 0.5) is 0 Å². The maximum atomic E-state index is 12.3. The second kappa shape index (κ2) is 4.89. The van der Waals surface area contributed by atoms with E-state index >= 15 is 0 Å². The van der Waals surface area contributed by atoms with E-state index in [1.54, 1.807) is 22.8 Å². The first-order chi connectivity index (χ1) is 8.47. The lowest BCUT2D eigenvalue weighted by Crippen LogP contribution is -2.25. The zero-order chi connectivity index (χ0) is 13.3. The monoisotopic (exact) mass is 264 g/mol. The van der Waals surface area contributed by atoms with Gasteiger partial charge in [0.25, 0.3) is 5.91 Å². The predicted octanol–water partition coefficient (Wildman–Crippen LogP) is 1.77. The SMILES string of the molecule is Cc1nc(C)c(C(=O)N(C)Cc2cnn(C)c2)s1. The topological polar surface area (TPSA) is 51.0 Å². The second-order valence-corrected chi connectivity index (χ2v) is 5.53. The zero-order valence-electron chi connectivity index (χ0n) is 11.0. The number of thiazole rings is 1. The predicted molar refractivity (Wildman–Crippen MR) is 70.6 cm³/mol. The Morgan fingerprint density at radius 1 is 1.50 bits per heavy atom. The molecule has 0 aromatic carbocycles. The third kappa shape index (κ3) is 2.59. The number of aromatic nitrogens is 3. The van der Waals surface area contributed by atoms with Gasteiger partial charge in [-0.2, -0.15) is 5.10 Å². The molecule has 2 aromatic heterocycles. The molecular formula is C12H16N4OS. The van der Waals surface area contributed by atoms with Crippen LogP contribution in [-0.2, 0) is 13.6 Å². The van der Waals surface area contributed by atoms with Crippen LogP contribution in [0.25, 0.3) is 0 Å². The van der Waals surface area contributed by atoms with Crippen molar-refractivity contribution < 1.29 is 4.79 Å². The van der Waals surface area contributed by atoms with Gasteiger partial charge in [0, 0.05) is 32.4 Å². The number of hydrogen-bond donors (Lipinski definition) is 0. The van der Waals surface area contributed by atoms with Crippen molar-refractivity contribution in [2.75, 3.05) is 7.05 Å². The fraction of sp³-hybridized carbons (Fsp3) is 0.417. The standard InChI is InChI=1S/C12H16N4OS/c1-8-11(18-9(2)14-8)12(17)15(3)6-10-5-13-16(4)7-10/h5,7H,6H2,1-4H3. The fourth-order valence-corrected chi connectivity index (χ4v) is 2.72. The largest absolute Gasteiger partial charge is 0.337 e. The number of carbonyl (C=O) groups excluding carboxylic acids is 1. The van der Waals surface area contributed by atoms with Crippen LogP contribution in [-0.4, -0.2) is 32.6 Å². The number of rotatable bonds is 3. The minimum atomic E-state index is 0.0157. The van der Waals surface area contributed by atoms with Gasteiger partial charge in [0.05, 0.1) is 16.9 Å². The van der Waals surface area contributed by atoms with Crippen LogP contribution in [0.1, 0.15) is 25.9 Å². The van der Waals surface area contributed by atoms with Crippen LogP contribution < -0.4 is 0 Å². The molecule has 0 aliphatic heterocycles. The average molecular weight is 264 g/mol. The number of hydrogen-bond acceptors (Lipinski definition) is 4. The Morgan fingerprint density at radius 3 is 2.72 bits per heavy atom. The summed E-state index contributed by atoms with van der Waals surface area (Å²) in [4.78, 5) is 19.0. The van der Waals surface area contributed by atoms with Crippen molar-refractivity contribution in [2.45, 2.75) is 20.4 Å². The van der Waals surface area contributed by atoms with Gasteiger partial charge >= 0.3 is 0 Å². The molecule has 0 saturated carbocycles. The molecule has 0 unspecified atom stereocenters. The van der Waals surface area contributed by atoms with Gasteiger partial charge in [-0.15, -0.1) is 11.3 Å². The summed E-state index contributed by atoms with van der Waals surface area (Å²) in [6.45, 7) is 4.34. The molecule has 96 valence electrons. The molecule has 0 N–H and O–H groups in total. The van der Waals surface area contributed by atoms with E-state index in [0.29, 0.717) is 6.54 Å². The lowest BCUT2D eigenvalue weighted by atomic mass is 10.3. The van der Waals surface area contributed by atoms with E-state index in [9.17, 15) is 4.79 Å². The van der Waals surface area contributed by atoms with Gasteiger partial charge in [0.2, 0.25) is 0 Å². The Kier molecular flexibility index (Phi) is 3.47. The molecule has 2 heterocycles. The molecule has 1 amide bonds. The van der Waals surface area contributed by atoms with Gasteiger partial charge in [0.1, 0.15) is 4.88 Å². The fourth-order valence-electron chi connectivity index (χ4n) is 1.80. The third-order valence-corrected chi connectivity index (χ3v) is 3.68. The summed E-state index contributed by atoms with van der Waals surface area (Å²) < 4.78 is 1.73. The number of aryl methyl sites for hydroxylation is 3. The first-order valence-electron chi connectivity index (χ1n) is 5.64. The molecule has 0 fully saturated rings. The van der Waals surface area contributed by atoms with E-state index in [4.69, 9.17) is 0 Å². The van der Waals surface area contributed by atoms with Crippen molar-refractivity contribution >= 4 is 17.2 Å². The normalized spacial score (nSPS) is 10.7. The highest BCUT2D eigenvalue weighted by molar-refractivity contribution is 7.13. The van der Waals surface area contributed by atoms with Gasteiger partial charge in [-0.3, -0.25) is 9.48 Å². The van der Waals surface area contributed by atoms with Crippen molar-refractivity contribution in [1.82, 2.24) is 19.7 Å². The van der Waals surface area contributed by atoms with E-state index in [1.165, 1.54) is 11.3 Å². The number of nitrogens with zero attached hydrogens (tertiary/aromatic N) is 4. The Bertz CT molecular complexity index is 572.